The van der Waals surface area contributed by atoms with Crippen molar-refractivity contribution in [3.05, 3.63) is 30.2 Å². The smallest absolute Gasteiger partial charge is 0.247 e. The molecule has 0 saturated carbocycles. The van der Waals surface area contributed by atoms with Crippen molar-refractivity contribution in [1.29, 1.82) is 0 Å². The third-order valence-electron chi connectivity index (χ3n) is 5.78. The van der Waals surface area contributed by atoms with Crippen LogP contribution >= 0.6 is 0 Å². The van der Waals surface area contributed by atoms with Gasteiger partial charge in [0.1, 0.15) is 5.52 Å². The lowest BCUT2D eigenvalue weighted by atomic mass is 9.95. The van der Waals surface area contributed by atoms with Gasteiger partial charge >= 0.3 is 0 Å². The van der Waals surface area contributed by atoms with Gasteiger partial charge in [0.25, 0.3) is 0 Å². The molecule has 2 aromatic rings. The molecule has 0 radical (unpaired) electrons. The van der Waals surface area contributed by atoms with E-state index in [2.05, 4.69) is 23.7 Å². The molecule has 2 amide bonds. The third kappa shape index (κ3) is 3.63. The monoisotopic (exact) mass is 369 g/mol. The van der Waals surface area contributed by atoms with E-state index in [-0.39, 0.29) is 23.8 Å². The fourth-order valence-electron chi connectivity index (χ4n) is 4.10. The number of oxazole rings is 1. The largest absolute Gasteiger partial charge is 0.440 e. The van der Waals surface area contributed by atoms with Crippen molar-refractivity contribution in [3.8, 4) is 0 Å². The number of hydrogen-bond donors (Lipinski definition) is 0. The Morgan fingerprint density at radius 2 is 1.93 bits per heavy atom. The molecule has 1 unspecified atom stereocenters. The Bertz CT molecular complexity index is 803. The van der Waals surface area contributed by atoms with Crippen LogP contribution in [0.15, 0.2) is 28.7 Å². The standard InChI is InChI=1S/C21H27N3O3/c1-14(2)7-12-24-19(25)13-17(21(24)26)23-10-8-15(9-11-23)20-22-16-5-3-4-6-18(16)27-20/h3-6,14-15,17H,7-13H2,1-2H3. The van der Waals surface area contributed by atoms with Crippen molar-refractivity contribution in [2.45, 2.75) is 51.5 Å². The number of imide groups is 1. The molecular weight excluding hydrogens is 342 g/mol. The van der Waals surface area contributed by atoms with E-state index in [9.17, 15) is 9.59 Å². The molecule has 1 aromatic heterocycles. The van der Waals surface area contributed by atoms with Crippen LogP contribution in [0.1, 0.15) is 51.3 Å². The Morgan fingerprint density at radius 3 is 2.63 bits per heavy atom. The van der Waals surface area contributed by atoms with Gasteiger partial charge in [-0.3, -0.25) is 19.4 Å². The van der Waals surface area contributed by atoms with E-state index < -0.39 is 0 Å². The molecule has 2 aliphatic heterocycles. The predicted molar refractivity (Wildman–Crippen MR) is 102 cm³/mol. The Labute approximate surface area is 159 Å². The Kier molecular flexibility index (Phi) is 5.00. The summed E-state index contributed by atoms with van der Waals surface area (Å²) in [5.41, 5.74) is 1.72. The molecule has 3 heterocycles. The van der Waals surface area contributed by atoms with Crippen LogP contribution in [0, 0.1) is 5.92 Å². The quantitative estimate of drug-likeness (QED) is 0.757. The molecule has 2 aliphatic rings. The van der Waals surface area contributed by atoms with Crippen molar-refractivity contribution >= 4 is 22.9 Å². The Hall–Kier alpha value is -2.21. The van der Waals surface area contributed by atoms with Crippen molar-refractivity contribution in [1.82, 2.24) is 14.8 Å². The van der Waals surface area contributed by atoms with E-state index in [0.29, 0.717) is 18.9 Å². The maximum atomic E-state index is 12.7. The highest BCUT2D eigenvalue weighted by Crippen LogP contribution is 2.32. The number of hydrogen-bond acceptors (Lipinski definition) is 5. The zero-order valence-corrected chi connectivity index (χ0v) is 16.1. The van der Waals surface area contributed by atoms with Gasteiger partial charge in [-0.05, 0) is 50.4 Å². The number of para-hydroxylation sites is 2. The molecule has 4 rings (SSSR count). The van der Waals surface area contributed by atoms with E-state index in [1.54, 1.807) is 0 Å². The van der Waals surface area contributed by atoms with E-state index in [1.807, 2.05) is 24.3 Å². The number of nitrogens with zero attached hydrogens (tertiary/aromatic N) is 3. The maximum Gasteiger partial charge on any atom is 0.247 e. The van der Waals surface area contributed by atoms with Crippen LogP contribution in [0.2, 0.25) is 0 Å². The Balaban J connectivity index is 1.37. The summed E-state index contributed by atoms with van der Waals surface area (Å²) in [4.78, 5) is 33.3. The summed E-state index contributed by atoms with van der Waals surface area (Å²) < 4.78 is 5.92. The number of likely N-dealkylation sites (tertiary alicyclic amines) is 2. The second kappa shape index (κ2) is 7.43. The minimum Gasteiger partial charge on any atom is -0.440 e. The molecule has 27 heavy (non-hydrogen) atoms. The normalized spacial score (nSPS) is 22.5. The molecule has 0 bridgehead atoms. The molecule has 2 saturated heterocycles. The minimum atomic E-state index is -0.283. The number of benzene rings is 1. The van der Waals surface area contributed by atoms with Crippen molar-refractivity contribution in [2.24, 2.45) is 5.92 Å². The van der Waals surface area contributed by atoms with E-state index in [0.717, 1.165) is 49.3 Å². The molecule has 6 heteroatoms. The van der Waals surface area contributed by atoms with Crippen molar-refractivity contribution < 1.29 is 14.0 Å². The van der Waals surface area contributed by atoms with Crippen LogP contribution in [0.25, 0.3) is 11.1 Å². The first-order valence-corrected chi connectivity index (χ1v) is 9.96. The number of piperidine rings is 1. The molecular formula is C21H27N3O3. The van der Waals surface area contributed by atoms with E-state index >= 15 is 0 Å². The maximum absolute atomic E-state index is 12.7. The van der Waals surface area contributed by atoms with Crippen LogP contribution in [-0.4, -0.2) is 52.3 Å². The topological polar surface area (TPSA) is 66.7 Å². The highest BCUT2D eigenvalue weighted by atomic mass is 16.3. The molecule has 6 nitrogen and oxygen atoms in total. The van der Waals surface area contributed by atoms with Crippen molar-refractivity contribution in [3.63, 3.8) is 0 Å². The molecule has 0 aliphatic carbocycles. The van der Waals surface area contributed by atoms with Crippen LogP contribution in [0.3, 0.4) is 0 Å². The fraction of sp³-hybridized carbons (Fsp3) is 0.571. The highest BCUT2D eigenvalue weighted by Gasteiger charge is 2.42. The van der Waals surface area contributed by atoms with Gasteiger partial charge in [-0.1, -0.05) is 26.0 Å². The average molecular weight is 369 g/mol. The third-order valence-corrected chi connectivity index (χ3v) is 5.78. The Morgan fingerprint density at radius 1 is 1.19 bits per heavy atom. The van der Waals surface area contributed by atoms with Gasteiger partial charge in [0.2, 0.25) is 11.8 Å². The highest BCUT2D eigenvalue weighted by molar-refractivity contribution is 6.05. The van der Waals surface area contributed by atoms with Crippen LogP contribution < -0.4 is 0 Å². The summed E-state index contributed by atoms with van der Waals surface area (Å²) >= 11 is 0. The van der Waals surface area contributed by atoms with Crippen molar-refractivity contribution in [2.75, 3.05) is 19.6 Å². The number of aromatic nitrogens is 1. The zero-order chi connectivity index (χ0) is 19.0. The van der Waals surface area contributed by atoms with Crippen LogP contribution in [-0.2, 0) is 9.59 Å². The molecule has 1 aromatic carbocycles. The first-order valence-electron chi connectivity index (χ1n) is 9.96. The summed E-state index contributed by atoms with van der Waals surface area (Å²) in [5, 5.41) is 0. The fourth-order valence-corrected chi connectivity index (χ4v) is 4.10. The molecule has 144 valence electrons. The SMILES string of the molecule is CC(C)CCN1C(=O)CC(N2CCC(c3nc4ccccc4o3)CC2)C1=O. The van der Waals surface area contributed by atoms with E-state index in [4.69, 9.17) is 4.42 Å². The summed E-state index contributed by atoms with van der Waals surface area (Å²) in [6.07, 6.45) is 2.99. The molecule has 1 atom stereocenters. The van der Waals surface area contributed by atoms with Gasteiger partial charge in [-0.25, -0.2) is 4.98 Å². The number of carbonyl (C=O) groups is 2. The van der Waals surface area contributed by atoms with Gasteiger partial charge in [-0.2, -0.15) is 0 Å². The summed E-state index contributed by atoms with van der Waals surface area (Å²) in [6.45, 7) is 6.36. The summed E-state index contributed by atoms with van der Waals surface area (Å²) in [6, 6.07) is 7.54. The van der Waals surface area contributed by atoms with Gasteiger partial charge < -0.3 is 4.42 Å². The lowest BCUT2D eigenvalue weighted by molar-refractivity contribution is -0.140. The zero-order valence-electron chi connectivity index (χ0n) is 16.1. The second-order valence-electron chi connectivity index (χ2n) is 8.12. The van der Waals surface area contributed by atoms with Gasteiger partial charge in [0.05, 0.1) is 12.5 Å². The summed E-state index contributed by atoms with van der Waals surface area (Å²) in [5.74, 6) is 1.52. The molecule has 2 fully saturated rings. The average Bonchev–Trinajstić information content (AvgIpc) is 3.21. The van der Waals surface area contributed by atoms with Gasteiger partial charge in [0.15, 0.2) is 11.5 Å². The predicted octanol–water partition coefficient (Wildman–Crippen LogP) is 3.18. The van der Waals surface area contributed by atoms with Gasteiger partial charge in [0, 0.05) is 12.5 Å². The number of rotatable bonds is 5. The van der Waals surface area contributed by atoms with Gasteiger partial charge in [-0.15, -0.1) is 0 Å². The number of fused-ring (bicyclic) bond motifs is 1. The lowest BCUT2D eigenvalue weighted by Gasteiger charge is -2.33. The van der Waals surface area contributed by atoms with Crippen LogP contribution in [0.4, 0.5) is 0 Å². The summed E-state index contributed by atoms with van der Waals surface area (Å²) in [7, 11) is 0. The molecule has 0 N–H and O–H groups in total. The molecule has 0 spiro atoms. The number of carbonyl (C=O) groups excluding carboxylic acids is 2. The number of amides is 2. The minimum absolute atomic E-state index is 0.0130. The lowest BCUT2D eigenvalue weighted by Crippen LogP contribution is -2.45. The second-order valence-corrected chi connectivity index (χ2v) is 8.12. The first kappa shape index (κ1) is 18.2. The first-order chi connectivity index (χ1) is 13.0. The van der Waals surface area contributed by atoms with E-state index in [1.165, 1.54) is 4.90 Å². The van der Waals surface area contributed by atoms with Crippen LogP contribution in [0.5, 0.6) is 0 Å².